The van der Waals surface area contributed by atoms with Crippen LogP contribution in [0.15, 0.2) is 22.7 Å². The molecule has 0 radical (unpaired) electrons. The molecular weight excluding hydrogens is 194 g/mol. The maximum absolute atomic E-state index is 8.99. The minimum absolute atomic E-state index is 0.253. The summed E-state index contributed by atoms with van der Waals surface area (Å²) >= 11 is 3.30. The summed E-state index contributed by atoms with van der Waals surface area (Å²) < 4.78 is 0.938. The lowest BCUT2D eigenvalue weighted by molar-refractivity contribution is 0.474. The van der Waals surface area contributed by atoms with Crippen molar-refractivity contribution in [3.8, 4) is 5.75 Å². The van der Waals surface area contributed by atoms with Crippen molar-refractivity contribution in [2.24, 2.45) is 5.73 Å². The van der Waals surface area contributed by atoms with Gasteiger partial charge < -0.3 is 10.8 Å². The smallest absolute Gasteiger partial charge is 0.115 e. The number of halogens is 1. The Balaban J connectivity index is 3.09. The number of nitrogens with two attached hydrogens (primary N) is 1. The van der Waals surface area contributed by atoms with Crippen molar-refractivity contribution in [2.45, 2.75) is 6.54 Å². The number of hydrogen-bond acceptors (Lipinski definition) is 2. The molecule has 1 aromatic carbocycles. The maximum atomic E-state index is 8.99. The number of aromatic hydroxyl groups is 1. The third-order valence-electron chi connectivity index (χ3n) is 1.25. The number of rotatable bonds is 1. The van der Waals surface area contributed by atoms with Gasteiger partial charge in [-0.2, -0.15) is 0 Å². The highest BCUT2D eigenvalue weighted by Gasteiger charge is 1.96. The van der Waals surface area contributed by atoms with Crippen LogP contribution in [0, 0.1) is 0 Å². The van der Waals surface area contributed by atoms with E-state index in [2.05, 4.69) is 15.9 Å². The van der Waals surface area contributed by atoms with E-state index in [1.807, 2.05) is 0 Å². The zero-order valence-corrected chi connectivity index (χ0v) is 6.93. The molecule has 3 N–H and O–H groups in total. The quantitative estimate of drug-likeness (QED) is 0.726. The Morgan fingerprint density at radius 3 is 2.70 bits per heavy atom. The van der Waals surface area contributed by atoms with Crippen molar-refractivity contribution >= 4 is 15.9 Å². The van der Waals surface area contributed by atoms with Crippen LogP contribution in [0.5, 0.6) is 5.75 Å². The van der Waals surface area contributed by atoms with Gasteiger partial charge in [-0.1, -0.05) is 15.9 Å². The van der Waals surface area contributed by atoms with Crippen molar-refractivity contribution in [2.75, 3.05) is 0 Å². The van der Waals surface area contributed by atoms with Gasteiger partial charge in [0.25, 0.3) is 0 Å². The van der Waals surface area contributed by atoms with E-state index in [0.29, 0.717) is 6.54 Å². The van der Waals surface area contributed by atoms with E-state index in [0.717, 1.165) is 10.0 Å². The lowest BCUT2D eigenvalue weighted by Crippen LogP contribution is -1.96. The van der Waals surface area contributed by atoms with E-state index in [4.69, 9.17) is 10.8 Å². The second-order valence-corrected chi connectivity index (χ2v) is 2.83. The van der Waals surface area contributed by atoms with Crippen molar-refractivity contribution < 1.29 is 5.11 Å². The maximum Gasteiger partial charge on any atom is 0.115 e. The lowest BCUT2D eigenvalue weighted by atomic mass is 10.2. The first-order valence-corrected chi connectivity index (χ1v) is 3.71. The van der Waals surface area contributed by atoms with Crippen LogP contribution in [0.1, 0.15) is 5.56 Å². The molecule has 1 rings (SSSR count). The molecule has 1 aromatic rings. The van der Waals surface area contributed by atoms with Crippen molar-refractivity contribution in [1.29, 1.82) is 0 Å². The molecule has 0 fully saturated rings. The van der Waals surface area contributed by atoms with E-state index in [-0.39, 0.29) is 5.75 Å². The normalized spacial score (nSPS) is 9.80. The van der Waals surface area contributed by atoms with Gasteiger partial charge in [-0.05, 0) is 23.8 Å². The molecule has 0 heterocycles. The summed E-state index contributed by atoms with van der Waals surface area (Å²) in [5.41, 5.74) is 6.30. The van der Waals surface area contributed by atoms with Crippen molar-refractivity contribution in [3.05, 3.63) is 28.2 Å². The molecule has 0 saturated heterocycles. The van der Waals surface area contributed by atoms with E-state index in [1.54, 1.807) is 18.2 Å². The molecule has 0 atom stereocenters. The number of benzene rings is 1. The van der Waals surface area contributed by atoms with Crippen LogP contribution < -0.4 is 5.73 Å². The van der Waals surface area contributed by atoms with E-state index >= 15 is 0 Å². The van der Waals surface area contributed by atoms with Gasteiger partial charge in [-0.15, -0.1) is 0 Å². The Morgan fingerprint density at radius 2 is 2.20 bits per heavy atom. The topological polar surface area (TPSA) is 46.2 Å². The number of hydrogen-bond donors (Lipinski definition) is 2. The van der Waals surface area contributed by atoms with Crippen LogP contribution in [0.25, 0.3) is 0 Å². The van der Waals surface area contributed by atoms with E-state index in [9.17, 15) is 0 Å². The molecule has 0 aliphatic carbocycles. The fourth-order valence-electron chi connectivity index (χ4n) is 0.718. The van der Waals surface area contributed by atoms with Gasteiger partial charge in [0.1, 0.15) is 5.75 Å². The highest BCUT2D eigenvalue weighted by Crippen LogP contribution is 2.20. The minimum Gasteiger partial charge on any atom is -0.508 e. The molecular formula is C7H8BrNO. The van der Waals surface area contributed by atoms with Crippen molar-refractivity contribution in [3.63, 3.8) is 0 Å². The first-order chi connectivity index (χ1) is 4.74. The standard InChI is InChI=1S/C7H8BrNO/c8-7-2-1-6(10)3-5(7)4-9/h1-3,10H,4,9H2. The molecule has 54 valence electrons. The van der Waals surface area contributed by atoms with Gasteiger partial charge in [-0.25, -0.2) is 0 Å². The highest BCUT2D eigenvalue weighted by molar-refractivity contribution is 9.10. The zero-order chi connectivity index (χ0) is 7.56. The molecule has 2 nitrogen and oxygen atoms in total. The van der Waals surface area contributed by atoms with Crippen molar-refractivity contribution in [1.82, 2.24) is 0 Å². The summed E-state index contributed by atoms with van der Waals surface area (Å²) in [4.78, 5) is 0. The molecule has 0 aliphatic rings. The molecule has 3 heteroatoms. The van der Waals surface area contributed by atoms with E-state index in [1.165, 1.54) is 0 Å². The Hall–Kier alpha value is -0.540. The average molecular weight is 202 g/mol. The average Bonchev–Trinajstić information content (AvgIpc) is 1.94. The Morgan fingerprint density at radius 1 is 1.50 bits per heavy atom. The van der Waals surface area contributed by atoms with Gasteiger partial charge in [0.05, 0.1) is 0 Å². The van der Waals surface area contributed by atoms with Crippen LogP contribution in [-0.4, -0.2) is 5.11 Å². The fraction of sp³-hybridized carbons (Fsp3) is 0.143. The van der Waals surface area contributed by atoms with Gasteiger partial charge in [-0.3, -0.25) is 0 Å². The fourth-order valence-corrected chi connectivity index (χ4v) is 1.13. The third kappa shape index (κ3) is 1.49. The molecule has 0 bridgehead atoms. The first kappa shape index (κ1) is 7.57. The largest absolute Gasteiger partial charge is 0.508 e. The molecule has 10 heavy (non-hydrogen) atoms. The zero-order valence-electron chi connectivity index (χ0n) is 5.34. The van der Waals surface area contributed by atoms with Gasteiger partial charge >= 0.3 is 0 Å². The predicted molar refractivity (Wildman–Crippen MR) is 43.7 cm³/mol. The number of phenols is 1. The summed E-state index contributed by atoms with van der Waals surface area (Å²) in [7, 11) is 0. The second kappa shape index (κ2) is 3.03. The summed E-state index contributed by atoms with van der Waals surface area (Å²) in [5.74, 6) is 0.253. The van der Waals surface area contributed by atoms with Crippen LogP contribution in [0.3, 0.4) is 0 Å². The summed E-state index contributed by atoms with van der Waals surface area (Å²) in [6.07, 6.45) is 0. The molecule has 0 aromatic heterocycles. The minimum atomic E-state index is 0.253. The molecule has 0 saturated carbocycles. The van der Waals surface area contributed by atoms with Gasteiger partial charge in [0, 0.05) is 11.0 Å². The predicted octanol–water partition coefficient (Wildman–Crippen LogP) is 1.61. The summed E-state index contributed by atoms with van der Waals surface area (Å²) in [6.45, 7) is 0.439. The van der Waals surface area contributed by atoms with Gasteiger partial charge in [0.15, 0.2) is 0 Å². The first-order valence-electron chi connectivity index (χ1n) is 2.91. The number of phenolic OH excluding ortho intramolecular Hbond substituents is 1. The molecule has 0 amide bonds. The summed E-state index contributed by atoms with van der Waals surface area (Å²) in [6, 6.07) is 5.03. The third-order valence-corrected chi connectivity index (χ3v) is 2.02. The highest BCUT2D eigenvalue weighted by atomic mass is 79.9. The van der Waals surface area contributed by atoms with Crippen LogP contribution >= 0.6 is 15.9 Å². The Bertz CT molecular complexity index is 237. The van der Waals surface area contributed by atoms with E-state index < -0.39 is 0 Å². The Kier molecular flexibility index (Phi) is 2.29. The van der Waals surface area contributed by atoms with Crippen LogP contribution in [0.2, 0.25) is 0 Å². The lowest BCUT2D eigenvalue weighted by Gasteiger charge is -1.99. The molecule has 0 unspecified atom stereocenters. The SMILES string of the molecule is NCc1cc(O)ccc1Br. The van der Waals surface area contributed by atoms with Crippen LogP contribution in [0.4, 0.5) is 0 Å². The molecule has 0 spiro atoms. The van der Waals surface area contributed by atoms with Gasteiger partial charge in [0.2, 0.25) is 0 Å². The molecule has 0 aliphatic heterocycles. The second-order valence-electron chi connectivity index (χ2n) is 1.98. The monoisotopic (exact) mass is 201 g/mol. The summed E-state index contributed by atoms with van der Waals surface area (Å²) in [5, 5.41) is 8.99. The Labute approximate surface area is 67.8 Å². The van der Waals surface area contributed by atoms with Crippen LogP contribution in [-0.2, 0) is 6.54 Å².